The van der Waals surface area contributed by atoms with Crippen LogP contribution in [0.4, 0.5) is 0 Å². The molecule has 1 aromatic rings. The van der Waals surface area contributed by atoms with Crippen LogP contribution in [0.2, 0.25) is 0 Å². The molecule has 2 heterocycles. The predicted molar refractivity (Wildman–Crippen MR) is 106 cm³/mol. The molecule has 0 aromatic heterocycles. The maximum atomic E-state index is 11.3. The van der Waals surface area contributed by atoms with E-state index in [4.69, 9.17) is 4.74 Å². The van der Waals surface area contributed by atoms with Crippen molar-refractivity contribution in [3.63, 3.8) is 0 Å². The van der Waals surface area contributed by atoms with Crippen molar-refractivity contribution in [2.75, 3.05) is 26.2 Å². The number of hydrogen-bond acceptors (Lipinski definition) is 4. The summed E-state index contributed by atoms with van der Waals surface area (Å²) >= 11 is 0. The van der Waals surface area contributed by atoms with Gasteiger partial charge in [-0.05, 0) is 73.9 Å². The van der Waals surface area contributed by atoms with Gasteiger partial charge in [-0.2, -0.15) is 0 Å². The predicted octanol–water partition coefficient (Wildman–Crippen LogP) is 3.12. The number of ether oxygens (including phenoxy) is 1. The molecule has 1 saturated carbocycles. The summed E-state index contributed by atoms with van der Waals surface area (Å²) in [7, 11) is 0. The van der Waals surface area contributed by atoms with E-state index in [1.165, 1.54) is 23.1 Å². The lowest BCUT2D eigenvalue weighted by atomic mass is 10.0. The van der Waals surface area contributed by atoms with Crippen molar-refractivity contribution in [1.29, 1.82) is 0 Å². The Hall–Kier alpha value is -2.07. The quantitative estimate of drug-likeness (QED) is 0.752. The molecular weight excluding hydrogens is 336 g/mol. The molecule has 0 amide bonds. The maximum absolute atomic E-state index is 11.3. The van der Waals surface area contributed by atoms with Crippen molar-refractivity contribution in [3.05, 3.63) is 53.3 Å². The molecule has 142 valence electrons. The normalized spacial score (nSPS) is 24.4. The number of allylic oxidation sites excluding steroid dienone is 3. The number of hydrogen-bond donors (Lipinski definition) is 0. The molecule has 1 saturated heterocycles. The molecule has 2 aliphatic carbocycles. The van der Waals surface area contributed by atoms with Gasteiger partial charge in [-0.25, -0.2) is 0 Å². The maximum Gasteiger partial charge on any atom is 0.140 e. The molecule has 0 N–H and O–H groups in total. The first-order valence-electron chi connectivity index (χ1n) is 10.4. The molecule has 2 fully saturated rings. The molecular formula is C23H28N2O2. The molecule has 4 heteroatoms. The molecule has 4 aliphatic rings. The van der Waals surface area contributed by atoms with Crippen molar-refractivity contribution in [2.24, 2.45) is 0 Å². The summed E-state index contributed by atoms with van der Waals surface area (Å²) in [6, 6.07) is 6.68. The summed E-state index contributed by atoms with van der Waals surface area (Å²) in [5, 5.41) is 0. The van der Waals surface area contributed by atoms with E-state index in [0.717, 1.165) is 70.5 Å². The van der Waals surface area contributed by atoms with Gasteiger partial charge >= 0.3 is 0 Å². The Labute approximate surface area is 161 Å². The lowest BCUT2D eigenvalue weighted by Crippen LogP contribution is -2.46. The van der Waals surface area contributed by atoms with Gasteiger partial charge in [0.1, 0.15) is 18.1 Å². The van der Waals surface area contributed by atoms with Crippen LogP contribution in [0.3, 0.4) is 0 Å². The SMILES string of the molecule is O=CC1(N2CCC(Oc3ccc4c(c3)CCN(C3=CC=C3)CC4)CC2)CC1. The first-order chi connectivity index (χ1) is 13.3. The van der Waals surface area contributed by atoms with Crippen LogP contribution in [0, 0.1) is 0 Å². The van der Waals surface area contributed by atoms with Gasteiger partial charge in [0, 0.05) is 31.9 Å². The van der Waals surface area contributed by atoms with Gasteiger partial charge in [0.05, 0.1) is 5.54 Å². The topological polar surface area (TPSA) is 32.8 Å². The van der Waals surface area contributed by atoms with E-state index in [-0.39, 0.29) is 11.6 Å². The number of likely N-dealkylation sites (tertiary alicyclic amines) is 1. The molecule has 0 atom stereocenters. The number of rotatable bonds is 5. The minimum Gasteiger partial charge on any atom is -0.490 e. The highest BCUT2D eigenvalue weighted by Crippen LogP contribution is 2.41. The van der Waals surface area contributed by atoms with Gasteiger partial charge in [0.15, 0.2) is 0 Å². The van der Waals surface area contributed by atoms with Crippen LogP contribution in [-0.4, -0.2) is 53.9 Å². The average Bonchev–Trinajstić information content (AvgIpc) is 3.46. The van der Waals surface area contributed by atoms with Crippen LogP contribution in [-0.2, 0) is 17.6 Å². The lowest BCUT2D eigenvalue weighted by Gasteiger charge is -2.35. The highest BCUT2D eigenvalue weighted by molar-refractivity contribution is 5.68. The number of piperidine rings is 1. The van der Waals surface area contributed by atoms with Crippen molar-refractivity contribution in [2.45, 2.75) is 50.2 Å². The van der Waals surface area contributed by atoms with Gasteiger partial charge in [-0.15, -0.1) is 0 Å². The third kappa shape index (κ3) is 3.31. The Morgan fingerprint density at radius 3 is 2.41 bits per heavy atom. The van der Waals surface area contributed by atoms with Gasteiger partial charge in [-0.3, -0.25) is 4.90 Å². The molecule has 5 rings (SSSR count). The van der Waals surface area contributed by atoms with Crippen LogP contribution in [0.15, 0.2) is 42.1 Å². The first kappa shape index (κ1) is 17.1. The Morgan fingerprint density at radius 2 is 1.78 bits per heavy atom. The molecule has 27 heavy (non-hydrogen) atoms. The lowest BCUT2D eigenvalue weighted by molar-refractivity contribution is -0.114. The van der Waals surface area contributed by atoms with Crippen LogP contribution < -0.4 is 4.74 Å². The second-order valence-electron chi connectivity index (χ2n) is 8.39. The molecule has 0 spiro atoms. The zero-order chi connectivity index (χ0) is 18.3. The number of nitrogens with zero attached hydrogens (tertiary/aromatic N) is 2. The smallest absolute Gasteiger partial charge is 0.140 e. The highest BCUT2D eigenvalue weighted by Gasteiger charge is 2.48. The van der Waals surface area contributed by atoms with E-state index in [9.17, 15) is 4.79 Å². The number of fused-ring (bicyclic) bond motifs is 1. The van der Waals surface area contributed by atoms with Crippen molar-refractivity contribution < 1.29 is 9.53 Å². The Bertz CT molecular complexity index is 786. The summed E-state index contributed by atoms with van der Waals surface area (Å²) in [5.74, 6) is 1.01. The monoisotopic (exact) mass is 364 g/mol. The molecule has 1 aromatic carbocycles. The van der Waals surface area contributed by atoms with E-state index in [2.05, 4.69) is 46.2 Å². The number of carbonyl (C=O) groups excluding carboxylic acids is 1. The third-order valence-corrected chi connectivity index (χ3v) is 6.74. The Morgan fingerprint density at radius 1 is 1.04 bits per heavy atom. The van der Waals surface area contributed by atoms with Gasteiger partial charge in [0.25, 0.3) is 0 Å². The minimum absolute atomic E-state index is 0.119. The molecule has 2 aliphatic heterocycles. The fourth-order valence-electron chi connectivity index (χ4n) is 4.67. The standard InChI is InChI=1S/C23H28N2O2/c26-17-23(10-11-23)25-14-8-21(9-15-25)27-22-5-4-18-6-12-24(20-2-1-3-20)13-7-19(18)16-22/h1-5,16-17,21H,6-15H2. The summed E-state index contributed by atoms with van der Waals surface area (Å²) in [6.07, 6.45) is 14.2. The van der Waals surface area contributed by atoms with Crippen molar-refractivity contribution in [1.82, 2.24) is 9.80 Å². The van der Waals surface area contributed by atoms with Crippen LogP contribution in [0.25, 0.3) is 0 Å². The number of benzene rings is 1. The summed E-state index contributed by atoms with van der Waals surface area (Å²) in [4.78, 5) is 16.2. The van der Waals surface area contributed by atoms with Gasteiger partial charge in [-0.1, -0.05) is 12.1 Å². The third-order valence-electron chi connectivity index (χ3n) is 6.74. The minimum atomic E-state index is -0.119. The molecule has 4 nitrogen and oxygen atoms in total. The Kier molecular flexibility index (Phi) is 4.31. The molecule has 0 unspecified atom stereocenters. The van der Waals surface area contributed by atoms with Crippen LogP contribution >= 0.6 is 0 Å². The molecule has 0 radical (unpaired) electrons. The van der Waals surface area contributed by atoms with E-state index in [1.807, 2.05) is 0 Å². The van der Waals surface area contributed by atoms with E-state index in [0.29, 0.717) is 0 Å². The zero-order valence-electron chi connectivity index (χ0n) is 15.9. The summed E-state index contributed by atoms with van der Waals surface area (Å²) < 4.78 is 6.33. The van der Waals surface area contributed by atoms with Crippen molar-refractivity contribution >= 4 is 6.29 Å². The Balaban J connectivity index is 1.19. The summed E-state index contributed by atoms with van der Waals surface area (Å²) in [5.41, 5.74) is 4.15. The molecule has 0 bridgehead atoms. The van der Waals surface area contributed by atoms with E-state index < -0.39 is 0 Å². The summed E-state index contributed by atoms with van der Waals surface area (Å²) in [6.45, 7) is 4.14. The number of aldehydes is 1. The second kappa shape index (κ2) is 6.83. The van der Waals surface area contributed by atoms with Crippen LogP contribution in [0.5, 0.6) is 5.75 Å². The largest absolute Gasteiger partial charge is 0.490 e. The fourth-order valence-corrected chi connectivity index (χ4v) is 4.67. The van der Waals surface area contributed by atoms with E-state index >= 15 is 0 Å². The highest BCUT2D eigenvalue weighted by atomic mass is 16.5. The van der Waals surface area contributed by atoms with Gasteiger partial charge < -0.3 is 14.4 Å². The number of carbonyl (C=O) groups is 1. The fraction of sp³-hybridized carbons (Fsp3) is 0.522. The first-order valence-corrected chi connectivity index (χ1v) is 10.4. The van der Waals surface area contributed by atoms with Crippen LogP contribution in [0.1, 0.15) is 36.8 Å². The van der Waals surface area contributed by atoms with Crippen molar-refractivity contribution in [3.8, 4) is 5.75 Å². The van der Waals surface area contributed by atoms with Gasteiger partial charge in [0.2, 0.25) is 0 Å². The average molecular weight is 364 g/mol. The second-order valence-corrected chi connectivity index (χ2v) is 8.39. The zero-order valence-corrected chi connectivity index (χ0v) is 15.9. The van der Waals surface area contributed by atoms with E-state index in [1.54, 1.807) is 0 Å².